The number of ketones is 1. The lowest BCUT2D eigenvalue weighted by molar-refractivity contribution is 0.0982. The second kappa shape index (κ2) is 6.35. The number of nitrogens with zero attached hydrogens (tertiary/aromatic N) is 2. The Morgan fingerprint density at radius 3 is 2.68 bits per heavy atom. The van der Waals surface area contributed by atoms with Gasteiger partial charge in [0, 0.05) is 17.4 Å². The highest BCUT2D eigenvalue weighted by Crippen LogP contribution is 2.19. The zero-order valence-corrected chi connectivity index (χ0v) is 12.9. The molecule has 1 aromatic heterocycles. The standard InChI is InChI=1S/C14H14BrClN2O/c1-2-7-18-14(12(16)9-17-18)13(19)8-10-3-5-11(15)6-4-10/h3-6,9H,2,7-8H2,1H3. The molecule has 0 spiro atoms. The van der Waals surface area contributed by atoms with Crippen LogP contribution in [0.5, 0.6) is 0 Å². The normalized spacial score (nSPS) is 10.7. The maximum absolute atomic E-state index is 12.3. The maximum Gasteiger partial charge on any atom is 0.186 e. The lowest BCUT2D eigenvalue weighted by atomic mass is 10.1. The molecule has 0 bridgehead atoms. The monoisotopic (exact) mass is 340 g/mol. The van der Waals surface area contributed by atoms with Gasteiger partial charge in [-0.15, -0.1) is 0 Å². The summed E-state index contributed by atoms with van der Waals surface area (Å²) in [4.78, 5) is 12.3. The lowest BCUT2D eigenvalue weighted by Crippen LogP contribution is -2.13. The summed E-state index contributed by atoms with van der Waals surface area (Å²) < 4.78 is 2.68. The highest BCUT2D eigenvalue weighted by Gasteiger charge is 2.17. The predicted molar refractivity (Wildman–Crippen MR) is 79.7 cm³/mol. The van der Waals surface area contributed by atoms with Crippen molar-refractivity contribution in [1.82, 2.24) is 9.78 Å². The number of carbonyl (C=O) groups excluding carboxylic acids is 1. The first-order valence-corrected chi connectivity index (χ1v) is 7.28. The van der Waals surface area contributed by atoms with Crippen LogP contribution in [-0.2, 0) is 13.0 Å². The third-order valence-electron chi connectivity index (χ3n) is 2.77. The Hall–Kier alpha value is -1.13. The second-order valence-corrected chi connectivity index (χ2v) is 5.61. The first kappa shape index (κ1) is 14.3. The maximum atomic E-state index is 12.3. The molecule has 3 nitrogen and oxygen atoms in total. The van der Waals surface area contributed by atoms with E-state index in [-0.39, 0.29) is 5.78 Å². The first-order chi connectivity index (χ1) is 9.11. The molecule has 2 rings (SSSR count). The molecule has 0 fully saturated rings. The Morgan fingerprint density at radius 1 is 1.37 bits per heavy atom. The van der Waals surface area contributed by atoms with Gasteiger partial charge in [-0.3, -0.25) is 9.48 Å². The van der Waals surface area contributed by atoms with Gasteiger partial charge in [-0.1, -0.05) is 46.6 Å². The van der Waals surface area contributed by atoms with E-state index in [1.165, 1.54) is 6.20 Å². The molecule has 0 radical (unpaired) electrons. The van der Waals surface area contributed by atoms with Crippen molar-refractivity contribution in [2.45, 2.75) is 26.3 Å². The van der Waals surface area contributed by atoms with Crippen molar-refractivity contribution in [1.29, 1.82) is 0 Å². The molecule has 1 aromatic carbocycles. The number of aryl methyl sites for hydroxylation is 1. The van der Waals surface area contributed by atoms with E-state index < -0.39 is 0 Å². The van der Waals surface area contributed by atoms with Crippen LogP contribution in [0.15, 0.2) is 34.9 Å². The minimum absolute atomic E-state index is 0.00160. The number of carbonyl (C=O) groups is 1. The Kier molecular flexibility index (Phi) is 4.77. The fraction of sp³-hybridized carbons (Fsp3) is 0.286. The Balaban J connectivity index is 2.20. The molecule has 19 heavy (non-hydrogen) atoms. The summed E-state index contributed by atoms with van der Waals surface area (Å²) in [7, 11) is 0. The Morgan fingerprint density at radius 2 is 2.05 bits per heavy atom. The third kappa shape index (κ3) is 3.45. The van der Waals surface area contributed by atoms with E-state index >= 15 is 0 Å². The molecule has 0 aliphatic heterocycles. The molecular formula is C14H14BrClN2O. The Labute approximate surface area is 125 Å². The minimum atomic E-state index is -0.00160. The van der Waals surface area contributed by atoms with Gasteiger partial charge in [-0.05, 0) is 24.1 Å². The summed E-state index contributed by atoms with van der Waals surface area (Å²) in [6.07, 6.45) is 2.78. The average molecular weight is 342 g/mol. The zero-order valence-electron chi connectivity index (χ0n) is 10.6. The largest absolute Gasteiger partial charge is 0.292 e. The van der Waals surface area contributed by atoms with E-state index in [0.717, 1.165) is 16.5 Å². The van der Waals surface area contributed by atoms with Gasteiger partial charge in [-0.25, -0.2) is 0 Å². The van der Waals surface area contributed by atoms with Crippen LogP contribution in [0.4, 0.5) is 0 Å². The molecule has 0 aliphatic carbocycles. The summed E-state index contributed by atoms with van der Waals surface area (Å²) in [5, 5.41) is 4.57. The summed E-state index contributed by atoms with van der Waals surface area (Å²) >= 11 is 9.43. The Bertz CT molecular complexity index is 578. The molecule has 1 heterocycles. The van der Waals surface area contributed by atoms with Gasteiger partial charge in [0.05, 0.1) is 11.2 Å². The van der Waals surface area contributed by atoms with Gasteiger partial charge in [-0.2, -0.15) is 5.10 Å². The van der Waals surface area contributed by atoms with E-state index in [4.69, 9.17) is 11.6 Å². The van der Waals surface area contributed by atoms with Crippen LogP contribution in [0.2, 0.25) is 5.02 Å². The lowest BCUT2D eigenvalue weighted by Gasteiger charge is -2.06. The molecule has 2 aromatic rings. The summed E-state index contributed by atoms with van der Waals surface area (Å²) in [5.74, 6) is -0.00160. The van der Waals surface area contributed by atoms with E-state index in [2.05, 4.69) is 21.0 Å². The summed E-state index contributed by atoms with van der Waals surface area (Å²) in [6, 6.07) is 7.70. The van der Waals surface area contributed by atoms with Crippen molar-refractivity contribution < 1.29 is 4.79 Å². The number of Topliss-reactive ketones (excluding diaryl/α,β-unsaturated/α-hetero) is 1. The number of aromatic nitrogens is 2. The predicted octanol–water partition coefficient (Wildman–Crippen LogP) is 4.13. The highest BCUT2D eigenvalue weighted by molar-refractivity contribution is 9.10. The minimum Gasteiger partial charge on any atom is -0.292 e. The van der Waals surface area contributed by atoms with E-state index in [0.29, 0.717) is 23.7 Å². The summed E-state index contributed by atoms with van der Waals surface area (Å²) in [5.41, 5.74) is 1.47. The van der Waals surface area contributed by atoms with Crippen LogP contribution >= 0.6 is 27.5 Å². The van der Waals surface area contributed by atoms with E-state index in [1.807, 2.05) is 31.2 Å². The van der Waals surface area contributed by atoms with Crippen molar-refractivity contribution in [3.05, 3.63) is 51.2 Å². The SMILES string of the molecule is CCCn1ncc(Cl)c1C(=O)Cc1ccc(Br)cc1. The van der Waals surface area contributed by atoms with Crippen LogP contribution in [-0.4, -0.2) is 15.6 Å². The zero-order chi connectivity index (χ0) is 13.8. The van der Waals surface area contributed by atoms with Crippen LogP contribution in [0.3, 0.4) is 0 Å². The molecule has 100 valence electrons. The number of rotatable bonds is 5. The van der Waals surface area contributed by atoms with Crippen molar-refractivity contribution >= 4 is 33.3 Å². The van der Waals surface area contributed by atoms with Gasteiger partial charge >= 0.3 is 0 Å². The molecule has 0 atom stereocenters. The van der Waals surface area contributed by atoms with Crippen LogP contribution in [0.25, 0.3) is 0 Å². The molecule has 0 aliphatic rings. The molecular weight excluding hydrogens is 328 g/mol. The number of hydrogen-bond donors (Lipinski definition) is 0. The topological polar surface area (TPSA) is 34.9 Å². The van der Waals surface area contributed by atoms with Crippen molar-refractivity contribution in [3.63, 3.8) is 0 Å². The second-order valence-electron chi connectivity index (χ2n) is 4.29. The molecule has 0 saturated heterocycles. The summed E-state index contributed by atoms with van der Waals surface area (Å²) in [6.45, 7) is 2.74. The number of halogens is 2. The van der Waals surface area contributed by atoms with Crippen LogP contribution < -0.4 is 0 Å². The van der Waals surface area contributed by atoms with Gasteiger partial charge < -0.3 is 0 Å². The third-order valence-corrected chi connectivity index (χ3v) is 3.58. The van der Waals surface area contributed by atoms with Crippen LogP contribution in [0, 0.1) is 0 Å². The van der Waals surface area contributed by atoms with Gasteiger partial charge in [0.2, 0.25) is 0 Å². The van der Waals surface area contributed by atoms with Gasteiger partial charge in [0.25, 0.3) is 0 Å². The van der Waals surface area contributed by atoms with Gasteiger partial charge in [0.15, 0.2) is 5.78 Å². The molecule has 5 heteroatoms. The van der Waals surface area contributed by atoms with Crippen molar-refractivity contribution in [2.24, 2.45) is 0 Å². The highest BCUT2D eigenvalue weighted by atomic mass is 79.9. The molecule has 0 saturated carbocycles. The van der Waals surface area contributed by atoms with E-state index in [1.54, 1.807) is 4.68 Å². The van der Waals surface area contributed by atoms with Crippen molar-refractivity contribution in [3.8, 4) is 0 Å². The van der Waals surface area contributed by atoms with Crippen LogP contribution in [0.1, 0.15) is 29.4 Å². The number of benzene rings is 1. The molecule has 0 unspecified atom stereocenters. The quantitative estimate of drug-likeness (QED) is 0.766. The first-order valence-electron chi connectivity index (χ1n) is 6.10. The fourth-order valence-electron chi connectivity index (χ4n) is 1.89. The van der Waals surface area contributed by atoms with E-state index in [9.17, 15) is 4.79 Å². The molecule has 0 N–H and O–H groups in total. The average Bonchev–Trinajstić information content (AvgIpc) is 2.74. The van der Waals surface area contributed by atoms with Crippen molar-refractivity contribution in [2.75, 3.05) is 0 Å². The number of hydrogen-bond acceptors (Lipinski definition) is 2. The van der Waals surface area contributed by atoms with Gasteiger partial charge in [0.1, 0.15) is 5.69 Å². The smallest absolute Gasteiger partial charge is 0.186 e. The molecule has 0 amide bonds. The fourth-order valence-corrected chi connectivity index (χ4v) is 2.40.